The maximum Gasteiger partial charge on any atom is 0.420 e. The molecule has 5 aromatic rings. The maximum absolute atomic E-state index is 14.6. The molecule has 2 N–H and O–H groups in total. The molecule has 68 heavy (non-hydrogen) atoms. The van der Waals surface area contributed by atoms with Crippen molar-refractivity contribution in [1.82, 2.24) is 4.90 Å². The number of halogens is 6. The molecular weight excluding hydrogens is 943 g/mol. The zero-order valence-corrected chi connectivity index (χ0v) is 37.9. The van der Waals surface area contributed by atoms with Crippen LogP contribution >= 0.6 is 23.2 Å². The van der Waals surface area contributed by atoms with E-state index in [-0.39, 0.29) is 80.8 Å². The van der Waals surface area contributed by atoms with Crippen LogP contribution in [0.4, 0.5) is 44.2 Å². The summed E-state index contributed by atoms with van der Waals surface area (Å²) in [6.45, 7) is -0.0506. The molecule has 7 rings (SSSR count). The first kappa shape index (κ1) is 52.2. The highest BCUT2D eigenvalue weighted by molar-refractivity contribution is 6.31. The zero-order chi connectivity index (χ0) is 49.7. The highest BCUT2D eigenvalue weighted by Gasteiger charge is 2.30. The highest BCUT2D eigenvalue weighted by Crippen LogP contribution is 2.29. The predicted molar refractivity (Wildman–Crippen MR) is 242 cm³/mol. The Morgan fingerprint density at radius 2 is 1.16 bits per heavy atom. The highest BCUT2D eigenvalue weighted by atomic mass is 35.5. The number of hydrogen-bond donors (Lipinski definition) is 2. The summed E-state index contributed by atoms with van der Waals surface area (Å²) in [4.78, 5) is 63.0. The van der Waals surface area contributed by atoms with Crippen molar-refractivity contribution in [3.8, 4) is 5.75 Å². The van der Waals surface area contributed by atoms with Crippen LogP contribution < -0.4 is 14.5 Å². The van der Waals surface area contributed by atoms with Crippen molar-refractivity contribution in [2.45, 2.75) is 57.4 Å². The fourth-order valence-corrected chi connectivity index (χ4v) is 7.15. The number of hydrogen-bond acceptors (Lipinski definition) is 11. The molecular formula is C47H44Cl2F4N4O11. The number of carbonyl (C=O) groups excluding carboxylic acids is 4. The van der Waals surface area contributed by atoms with Gasteiger partial charge in [0.15, 0.2) is 0 Å². The van der Waals surface area contributed by atoms with Gasteiger partial charge in [0.1, 0.15) is 29.0 Å². The number of benzene rings is 5. The number of likely N-dealkylation sites (tertiary alicyclic amines) is 1. The number of aliphatic hydroxyl groups is 2. The molecule has 1 heterocycles. The van der Waals surface area contributed by atoms with Crippen LogP contribution in [0.15, 0.2) is 97.1 Å². The third-order valence-corrected chi connectivity index (χ3v) is 11.1. The molecule has 0 bridgehead atoms. The molecule has 2 aliphatic rings. The van der Waals surface area contributed by atoms with Gasteiger partial charge in [-0.15, -0.1) is 0 Å². The number of non-ortho nitro benzene ring substituents is 1. The number of ether oxygens (including phenoxy) is 3. The van der Waals surface area contributed by atoms with Crippen LogP contribution in [0.25, 0.3) is 0 Å². The number of aliphatic hydroxyl groups excluding tert-OH is 2. The van der Waals surface area contributed by atoms with Gasteiger partial charge in [-0.05, 0) is 92.1 Å². The second kappa shape index (κ2) is 24.3. The second-order valence-electron chi connectivity index (χ2n) is 15.2. The molecule has 2 fully saturated rings. The van der Waals surface area contributed by atoms with Gasteiger partial charge in [-0.25, -0.2) is 36.7 Å². The topological polar surface area (TPSA) is 189 Å². The lowest BCUT2D eigenvalue weighted by atomic mass is 10.1. The SMILES string of the molecule is COC(=O)c1ccc(CN(C(=O)N2CC[C@@H](O)C2)c2ccc(F)c(Cl)c2)c(F)c1.COC(=O)c1ccc(CN(C(=O)Oc2ccc([N+](=O)[O-])cc2)c2ccc(F)c(Cl)c2)c(F)c1.OC1CCCC1. The van der Waals surface area contributed by atoms with E-state index in [0.29, 0.717) is 13.0 Å². The smallest absolute Gasteiger partial charge is 0.420 e. The minimum Gasteiger partial charge on any atom is -0.465 e. The number of nitro groups is 1. The van der Waals surface area contributed by atoms with E-state index >= 15 is 0 Å². The number of anilines is 2. The van der Waals surface area contributed by atoms with Gasteiger partial charge >= 0.3 is 24.1 Å². The quantitative estimate of drug-likeness (QED) is 0.0586. The third-order valence-electron chi connectivity index (χ3n) is 10.5. The van der Waals surface area contributed by atoms with Crippen LogP contribution in [0.2, 0.25) is 10.0 Å². The second-order valence-corrected chi connectivity index (χ2v) is 16.0. The number of urea groups is 1. The average molecular weight is 988 g/mol. The van der Waals surface area contributed by atoms with E-state index in [4.69, 9.17) is 33.0 Å². The van der Waals surface area contributed by atoms with E-state index in [2.05, 4.69) is 9.47 Å². The summed E-state index contributed by atoms with van der Waals surface area (Å²) in [5.41, 5.74) is 0.353. The molecule has 21 heteroatoms. The molecule has 0 radical (unpaired) electrons. The molecule has 1 saturated carbocycles. The minimum atomic E-state index is -0.983. The van der Waals surface area contributed by atoms with Crippen molar-refractivity contribution >= 4 is 64.3 Å². The first-order chi connectivity index (χ1) is 32.4. The minimum absolute atomic E-state index is 0.00896. The van der Waals surface area contributed by atoms with Crippen molar-refractivity contribution in [2.75, 3.05) is 37.1 Å². The lowest BCUT2D eigenvalue weighted by molar-refractivity contribution is -0.384. The zero-order valence-electron chi connectivity index (χ0n) is 36.4. The molecule has 3 amide bonds. The van der Waals surface area contributed by atoms with Gasteiger partial charge in [0.25, 0.3) is 5.69 Å². The van der Waals surface area contributed by atoms with Crippen molar-refractivity contribution in [1.29, 1.82) is 0 Å². The van der Waals surface area contributed by atoms with Crippen LogP contribution in [-0.2, 0) is 22.6 Å². The molecule has 0 spiro atoms. The Kier molecular flexibility index (Phi) is 18.6. The number of nitro benzene ring substituents is 1. The summed E-state index contributed by atoms with van der Waals surface area (Å²) < 4.78 is 70.8. The molecule has 1 aliphatic heterocycles. The Labute approximate surface area is 397 Å². The van der Waals surface area contributed by atoms with Crippen molar-refractivity contribution in [2.24, 2.45) is 0 Å². The van der Waals surface area contributed by atoms with E-state index < -0.39 is 58.4 Å². The average Bonchev–Trinajstić information content (AvgIpc) is 4.00. The lowest BCUT2D eigenvalue weighted by Gasteiger charge is -2.28. The molecule has 5 aromatic carbocycles. The van der Waals surface area contributed by atoms with Gasteiger partial charge in [0.05, 0.1) is 65.6 Å². The number of rotatable bonds is 10. The Bertz CT molecular complexity index is 2620. The molecule has 0 unspecified atom stereocenters. The molecule has 15 nitrogen and oxygen atoms in total. The Morgan fingerprint density at radius 3 is 1.56 bits per heavy atom. The third kappa shape index (κ3) is 14.1. The largest absolute Gasteiger partial charge is 0.465 e. The fourth-order valence-electron chi connectivity index (χ4n) is 6.80. The lowest BCUT2D eigenvalue weighted by Crippen LogP contribution is -2.42. The van der Waals surface area contributed by atoms with Gasteiger partial charge in [-0.2, -0.15) is 0 Å². The van der Waals surface area contributed by atoms with Gasteiger partial charge in [0, 0.05) is 47.7 Å². The maximum atomic E-state index is 14.6. The number of nitrogens with zero attached hydrogens (tertiary/aromatic N) is 4. The van der Waals surface area contributed by atoms with Crippen LogP contribution in [0.3, 0.4) is 0 Å². The summed E-state index contributed by atoms with van der Waals surface area (Å²) in [5, 5.41) is 28.8. The van der Waals surface area contributed by atoms with E-state index in [1.165, 1.54) is 84.3 Å². The summed E-state index contributed by atoms with van der Waals surface area (Å²) in [6.07, 6.45) is 3.43. The molecule has 1 atom stereocenters. The van der Waals surface area contributed by atoms with E-state index in [0.717, 1.165) is 67.3 Å². The summed E-state index contributed by atoms with van der Waals surface area (Å²) in [5.74, 6) is -4.28. The van der Waals surface area contributed by atoms with Crippen LogP contribution in [-0.4, -0.2) is 83.6 Å². The van der Waals surface area contributed by atoms with E-state index in [1.54, 1.807) is 0 Å². The van der Waals surface area contributed by atoms with Crippen LogP contribution in [0.1, 0.15) is 63.9 Å². The van der Waals surface area contributed by atoms with Crippen molar-refractivity contribution < 1.29 is 66.1 Å². The fraction of sp³-hybridized carbons (Fsp3) is 0.277. The summed E-state index contributed by atoms with van der Waals surface area (Å²) >= 11 is 11.7. The number of carbonyl (C=O) groups is 4. The van der Waals surface area contributed by atoms with Gasteiger partial charge < -0.3 is 29.3 Å². The van der Waals surface area contributed by atoms with E-state index in [9.17, 15) is 52.0 Å². The Hall–Kier alpha value is -6.80. The Morgan fingerprint density at radius 1 is 0.676 bits per heavy atom. The Balaban J connectivity index is 0.000000227. The molecule has 1 aliphatic carbocycles. The number of amides is 3. The van der Waals surface area contributed by atoms with Gasteiger partial charge in [-0.1, -0.05) is 48.2 Å². The van der Waals surface area contributed by atoms with Crippen LogP contribution in [0.5, 0.6) is 5.75 Å². The van der Waals surface area contributed by atoms with Crippen LogP contribution in [0, 0.1) is 33.4 Å². The summed E-state index contributed by atoms with van der Waals surface area (Å²) in [7, 11) is 2.35. The molecule has 1 saturated heterocycles. The van der Waals surface area contributed by atoms with Gasteiger partial charge in [0.2, 0.25) is 0 Å². The van der Waals surface area contributed by atoms with Crippen molar-refractivity contribution in [3.63, 3.8) is 0 Å². The monoisotopic (exact) mass is 986 g/mol. The first-order valence-corrected chi connectivity index (χ1v) is 21.4. The number of esters is 2. The normalized spacial score (nSPS) is 14.1. The predicted octanol–water partition coefficient (Wildman–Crippen LogP) is 10.0. The van der Waals surface area contributed by atoms with Gasteiger partial charge in [-0.3, -0.25) is 19.9 Å². The van der Waals surface area contributed by atoms with Crippen molar-refractivity contribution in [3.05, 3.63) is 163 Å². The van der Waals surface area contributed by atoms with E-state index in [1.807, 2.05) is 0 Å². The molecule has 360 valence electrons. The summed E-state index contributed by atoms with van der Waals surface area (Å²) in [6, 6.07) is 18.8. The standard InChI is InChI=1S/C22H15ClF2N2O6.C20H19ClF2N2O4.C5H10O/c1-32-21(28)13-2-3-14(20(25)10-13)12-26(16-6-9-19(24)18(23)11-16)22(29)33-17-7-4-15(5-8-17)27(30)31;1-29-19(27)12-2-3-13(18(23)8-12)10-25(14-4-5-17(22)16(21)9-14)20(28)24-7-6-15(26)11-24;6-5-3-1-2-4-5/h2-11H,12H2,1H3;2-5,8-9,15,26H,6-7,10-11H2,1H3;5-6H,1-4H2/t;15-;/m.1./s1. The number of methoxy groups -OCH3 is 2. The first-order valence-electron chi connectivity index (χ1n) is 20.7. The molecule has 0 aromatic heterocycles. The number of β-amino-alcohol motifs (C(OH)–C–C–N with tert-alkyl or cyclic N) is 1.